The number of benzene rings is 2. The van der Waals surface area contributed by atoms with E-state index < -0.39 is 11.7 Å². The highest BCUT2D eigenvalue weighted by atomic mass is 19.1. The van der Waals surface area contributed by atoms with E-state index in [1.165, 1.54) is 35.4 Å². The second kappa shape index (κ2) is 6.62. The molecule has 1 heterocycles. The number of aryl methyl sites for hydroxylation is 2. The molecule has 6 heteroatoms. The molecule has 0 aliphatic carbocycles. The maximum Gasteiger partial charge on any atom is 0.322 e. The highest BCUT2D eigenvalue weighted by molar-refractivity contribution is 6.03. The van der Waals surface area contributed by atoms with Crippen molar-refractivity contribution in [2.24, 2.45) is 0 Å². The number of rotatable bonds is 4. The maximum absolute atomic E-state index is 12.9. The second-order valence-corrected chi connectivity index (χ2v) is 5.56. The Morgan fingerprint density at radius 3 is 2.54 bits per heavy atom. The average molecular weight is 325 g/mol. The van der Waals surface area contributed by atoms with Gasteiger partial charge in [0.2, 0.25) is 5.89 Å². The van der Waals surface area contributed by atoms with Crippen molar-refractivity contribution in [1.29, 1.82) is 0 Å². The third-order valence-corrected chi connectivity index (χ3v) is 3.72. The lowest BCUT2D eigenvalue weighted by molar-refractivity contribution is 0.102. The predicted octanol–water partition coefficient (Wildman–Crippen LogP) is 3.67. The van der Waals surface area contributed by atoms with Gasteiger partial charge in [-0.3, -0.25) is 10.1 Å². The number of hydrogen-bond donors (Lipinski definition) is 1. The summed E-state index contributed by atoms with van der Waals surface area (Å²) in [5.41, 5.74) is 3.77. The number of hydrogen-bond acceptors (Lipinski definition) is 4. The molecule has 0 bridgehead atoms. The summed E-state index contributed by atoms with van der Waals surface area (Å²) in [5.74, 6) is -0.427. The molecular weight excluding hydrogens is 309 g/mol. The van der Waals surface area contributed by atoms with Gasteiger partial charge in [0, 0.05) is 5.56 Å². The fourth-order valence-corrected chi connectivity index (χ4v) is 2.23. The van der Waals surface area contributed by atoms with E-state index in [1.54, 1.807) is 0 Å². The molecule has 0 saturated heterocycles. The second-order valence-electron chi connectivity index (χ2n) is 5.56. The van der Waals surface area contributed by atoms with Gasteiger partial charge < -0.3 is 4.42 Å². The van der Waals surface area contributed by atoms with Crippen LogP contribution in [0.5, 0.6) is 0 Å². The van der Waals surface area contributed by atoms with Gasteiger partial charge in [0.25, 0.3) is 5.91 Å². The molecule has 0 unspecified atom stereocenters. The number of halogens is 1. The summed E-state index contributed by atoms with van der Waals surface area (Å²) in [7, 11) is 0. The van der Waals surface area contributed by atoms with E-state index >= 15 is 0 Å². The van der Waals surface area contributed by atoms with Crippen LogP contribution in [0.4, 0.5) is 10.4 Å². The Bertz CT molecular complexity index is 872. The molecular formula is C18H16FN3O2. The predicted molar refractivity (Wildman–Crippen MR) is 87.4 cm³/mol. The third kappa shape index (κ3) is 3.65. The zero-order valence-electron chi connectivity index (χ0n) is 13.3. The number of nitrogens with zero attached hydrogens (tertiary/aromatic N) is 2. The molecule has 5 nitrogen and oxygen atoms in total. The topological polar surface area (TPSA) is 68.0 Å². The smallest absolute Gasteiger partial charge is 0.322 e. The van der Waals surface area contributed by atoms with E-state index in [-0.39, 0.29) is 6.01 Å². The van der Waals surface area contributed by atoms with E-state index in [1.807, 2.05) is 19.1 Å². The molecule has 0 fully saturated rings. The maximum atomic E-state index is 12.9. The number of anilines is 1. The molecule has 2 aromatic carbocycles. The zero-order valence-corrected chi connectivity index (χ0v) is 13.3. The highest BCUT2D eigenvalue weighted by Crippen LogP contribution is 2.15. The monoisotopic (exact) mass is 325 g/mol. The number of carbonyl (C=O) groups is 1. The number of amides is 1. The van der Waals surface area contributed by atoms with Crippen LogP contribution in [0, 0.1) is 19.7 Å². The molecule has 122 valence electrons. The Labute approximate surface area is 138 Å². The van der Waals surface area contributed by atoms with Crippen molar-refractivity contribution in [2.75, 3.05) is 5.32 Å². The van der Waals surface area contributed by atoms with Crippen LogP contribution in [0.25, 0.3) is 0 Å². The molecule has 1 amide bonds. The molecule has 0 radical (unpaired) electrons. The van der Waals surface area contributed by atoms with Gasteiger partial charge in [-0.15, -0.1) is 5.10 Å². The Hall–Kier alpha value is -3.02. The van der Waals surface area contributed by atoms with Crippen LogP contribution in [0.1, 0.15) is 32.9 Å². The Balaban J connectivity index is 1.67. The van der Waals surface area contributed by atoms with Crippen LogP contribution in [0.15, 0.2) is 46.9 Å². The zero-order chi connectivity index (χ0) is 17.1. The number of carbonyl (C=O) groups excluding carboxylic acids is 1. The normalized spacial score (nSPS) is 10.6. The first kappa shape index (κ1) is 15.9. The minimum atomic E-state index is -0.434. The number of aromatic nitrogens is 2. The van der Waals surface area contributed by atoms with Gasteiger partial charge in [0.15, 0.2) is 0 Å². The van der Waals surface area contributed by atoms with Crippen LogP contribution in [-0.4, -0.2) is 16.1 Å². The lowest BCUT2D eigenvalue weighted by Crippen LogP contribution is -2.12. The first-order valence-corrected chi connectivity index (χ1v) is 7.47. The molecule has 1 N–H and O–H groups in total. The lowest BCUT2D eigenvalue weighted by Gasteiger charge is -2.02. The third-order valence-electron chi connectivity index (χ3n) is 3.72. The number of nitrogens with one attached hydrogen (secondary N) is 1. The van der Waals surface area contributed by atoms with Crippen LogP contribution >= 0.6 is 0 Å². The molecule has 1 aromatic heterocycles. The standard InChI is InChI=1S/C18H16FN3O2/c1-11-3-4-13(9-12(11)2)10-16-21-22-18(24-16)20-17(23)14-5-7-15(19)8-6-14/h3-9H,10H2,1-2H3,(H,20,22,23). The molecule has 3 aromatic rings. The molecule has 0 aliphatic heterocycles. The van der Waals surface area contributed by atoms with Crippen molar-refractivity contribution in [3.05, 3.63) is 76.4 Å². The van der Waals surface area contributed by atoms with Crippen molar-refractivity contribution >= 4 is 11.9 Å². The summed E-state index contributed by atoms with van der Waals surface area (Å²) in [4.78, 5) is 12.0. The van der Waals surface area contributed by atoms with Gasteiger partial charge in [-0.05, 0) is 54.8 Å². The van der Waals surface area contributed by atoms with Crippen molar-refractivity contribution < 1.29 is 13.6 Å². The van der Waals surface area contributed by atoms with Crippen LogP contribution in [0.3, 0.4) is 0 Å². The fourth-order valence-electron chi connectivity index (χ4n) is 2.23. The van der Waals surface area contributed by atoms with Gasteiger partial charge in [0.1, 0.15) is 5.82 Å². The Kier molecular flexibility index (Phi) is 4.37. The quantitative estimate of drug-likeness (QED) is 0.795. The van der Waals surface area contributed by atoms with Gasteiger partial charge in [-0.1, -0.05) is 23.3 Å². The van der Waals surface area contributed by atoms with Crippen molar-refractivity contribution in [1.82, 2.24) is 10.2 Å². The van der Waals surface area contributed by atoms with E-state index in [9.17, 15) is 9.18 Å². The van der Waals surface area contributed by atoms with E-state index in [0.29, 0.717) is 17.9 Å². The van der Waals surface area contributed by atoms with E-state index in [2.05, 4.69) is 28.5 Å². The van der Waals surface area contributed by atoms with Crippen LogP contribution < -0.4 is 5.32 Å². The molecule has 3 rings (SSSR count). The summed E-state index contributed by atoms with van der Waals surface area (Å²) < 4.78 is 18.3. The first-order chi connectivity index (χ1) is 11.5. The van der Waals surface area contributed by atoms with Crippen molar-refractivity contribution in [3.8, 4) is 0 Å². The van der Waals surface area contributed by atoms with E-state index in [4.69, 9.17) is 4.42 Å². The minimum absolute atomic E-state index is 0.0168. The van der Waals surface area contributed by atoms with E-state index in [0.717, 1.165) is 5.56 Å². The first-order valence-electron chi connectivity index (χ1n) is 7.47. The van der Waals surface area contributed by atoms with Gasteiger partial charge >= 0.3 is 6.01 Å². The van der Waals surface area contributed by atoms with Gasteiger partial charge in [-0.25, -0.2) is 4.39 Å². The van der Waals surface area contributed by atoms with Crippen LogP contribution in [-0.2, 0) is 6.42 Å². The van der Waals surface area contributed by atoms with Crippen molar-refractivity contribution in [3.63, 3.8) is 0 Å². The van der Waals surface area contributed by atoms with Crippen molar-refractivity contribution in [2.45, 2.75) is 20.3 Å². The highest BCUT2D eigenvalue weighted by Gasteiger charge is 2.12. The average Bonchev–Trinajstić information content (AvgIpc) is 2.98. The Morgan fingerprint density at radius 2 is 1.83 bits per heavy atom. The SMILES string of the molecule is Cc1ccc(Cc2nnc(NC(=O)c3ccc(F)cc3)o2)cc1C. The van der Waals surface area contributed by atoms with Crippen LogP contribution in [0.2, 0.25) is 0 Å². The molecule has 0 atom stereocenters. The molecule has 0 spiro atoms. The Morgan fingerprint density at radius 1 is 1.08 bits per heavy atom. The summed E-state index contributed by atoms with van der Waals surface area (Å²) >= 11 is 0. The summed E-state index contributed by atoms with van der Waals surface area (Å²) in [6, 6.07) is 11.3. The minimum Gasteiger partial charge on any atom is -0.407 e. The molecule has 24 heavy (non-hydrogen) atoms. The van der Waals surface area contributed by atoms with Gasteiger partial charge in [-0.2, -0.15) is 0 Å². The lowest BCUT2D eigenvalue weighted by atomic mass is 10.0. The molecule has 0 saturated carbocycles. The van der Waals surface area contributed by atoms with Gasteiger partial charge in [0.05, 0.1) is 6.42 Å². The summed E-state index contributed by atoms with van der Waals surface area (Å²) in [6.07, 6.45) is 0.487. The largest absolute Gasteiger partial charge is 0.407 e. The summed E-state index contributed by atoms with van der Waals surface area (Å²) in [5, 5.41) is 10.2. The fraction of sp³-hybridized carbons (Fsp3) is 0.167. The summed E-state index contributed by atoms with van der Waals surface area (Å²) in [6.45, 7) is 4.09. The molecule has 0 aliphatic rings.